The van der Waals surface area contributed by atoms with Gasteiger partial charge in [-0.15, -0.1) is 6.58 Å². The van der Waals surface area contributed by atoms with Gasteiger partial charge in [-0.3, -0.25) is 4.57 Å². The zero-order valence-electron chi connectivity index (χ0n) is 10.5. The Hall–Kier alpha value is -2.03. The molecule has 1 saturated heterocycles. The van der Waals surface area contributed by atoms with Crippen molar-refractivity contribution in [3.8, 4) is 5.88 Å². The lowest BCUT2D eigenvalue weighted by atomic mass is 9.98. The van der Waals surface area contributed by atoms with E-state index < -0.39 is 17.9 Å². The molecule has 8 nitrogen and oxygen atoms in total. The lowest BCUT2D eigenvalue weighted by molar-refractivity contribution is -0.0953. The fraction of sp³-hybridized carbons (Fsp3) is 0.417. The van der Waals surface area contributed by atoms with E-state index in [-0.39, 0.29) is 24.4 Å². The van der Waals surface area contributed by atoms with Crippen LogP contribution in [0.25, 0.3) is 11.2 Å². The summed E-state index contributed by atoms with van der Waals surface area (Å²) >= 11 is 0. The fourth-order valence-electron chi connectivity index (χ4n) is 2.38. The van der Waals surface area contributed by atoms with E-state index >= 15 is 0 Å². The summed E-state index contributed by atoms with van der Waals surface area (Å²) in [6.07, 6.45) is 2.87. The number of aromatic nitrogens is 4. The van der Waals surface area contributed by atoms with Crippen molar-refractivity contribution in [2.24, 2.45) is 0 Å². The molecule has 0 radical (unpaired) electrons. The first kappa shape index (κ1) is 13.0. The maximum absolute atomic E-state index is 10.1. The normalized spacial score (nSPS) is 29.9. The summed E-state index contributed by atoms with van der Waals surface area (Å²) in [6, 6.07) is 0. The van der Waals surface area contributed by atoms with E-state index in [0.717, 1.165) is 0 Å². The van der Waals surface area contributed by atoms with Gasteiger partial charge in [-0.25, -0.2) is 9.97 Å². The molecule has 8 heteroatoms. The summed E-state index contributed by atoms with van der Waals surface area (Å²) in [5, 5.41) is 29.1. The molecule has 0 aromatic carbocycles. The van der Waals surface area contributed by atoms with Gasteiger partial charge in [0.1, 0.15) is 18.2 Å². The van der Waals surface area contributed by atoms with Gasteiger partial charge in [-0.05, 0) is 0 Å². The molecule has 0 aliphatic carbocycles. The Labute approximate surface area is 114 Å². The quantitative estimate of drug-likeness (QED) is 0.662. The number of ether oxygens (including phenoxy) is 1. The Kier molecular flexibility index (Phi) is 2.93. The third-order valence-corrected chi connectivity index (χ3v) is 3.59. The second kappa shape index (κ2) is 4.51. The molecule has 0 unspecified atom stereocenters. The van der Waals surface area contributed by atoms with Gasteiger partial charge in [0.15, 0.2) is 11.2 Å². The molecule has 1 aliphatic rings. The molecular weight excluding hydrogens is 264 g/mol. The van der Waals surface area contributed by atoms with E-state index in [4.69, 9.17) is 4.74 Å². The van der Waals surface area contributed by atoms with Crippen LogP contribution in [0.4, 0.5) is 0 Å². The van der Waals surface area contributed by atoms with Crippen LogP contribution in [0.15, 0.2) is 25.3 Å². The van der Waals surface area contributed by atoms with E-state index in [1.54, 1.807) is 4.57 Å². The summed E-state index contributed by atoms with van der Waals surface area (Å²) in [4.78, 5) is 11.7. The molecule has 20 heavy (non-hydrogen) atoms. The minimum atomic E-state index is -1.20. The van der Waals surface area contributed by atoms with E-state index in [1.807, 2.05) is 0 Å². The molecule has 2 aromatic heterocycles. The first-order valence-corrected chi connectivity index (χ1v) is 6.08. The smallest absolute Gasteiger partial charge is 0.242 e. The molecule has 1 aliphatic heterocycles. The number of hydrogen-bond donors (Lipinski definition) is 3. The highest BCUT2D eigenvalue weighted by molar-refractivity contribution is 5.75. The minimum absolute atomic E-state index is 0.218. The summed E-state index contributed by atoms with van der Waals surface area (Å²) in [6.45, 7) is 3.22. The summed E-state index contributed by atoms with van der Waals surface area (Å²) in [7, 11) is 0. The Morgan fingerprint density at radius 3 is 2.95 bits per heavy atom. The summed E-state index contributed by atoms with van der Waals surface area (Å²) < 4.78 is 7.30. The first-order chi connectivity index (χ1) is 9.61. The number of hydrogen-bond acceptors (Lipinski definition) is 7. The number of rotatable bonds is 3. The van der Waals surface area contributed by atoms with E-state index in [0.29, 0.717) is 5.65 Å². The van der Waals surface area contributed by atoms with Crippen molar-refractivity contribution in [2.45, 2.75) is 24.4 Å². The number of aliphatic hydroxyl groups excluding tert-OH is 2. The predicted octanol–water partition coefficient (Wildman–Crippen LogP) is -0.271. The van der Waals surface area contributed by atoms with Crippen LogP contribution in [0, 0.1) is 0 Å². The molecule has 0 bridgehead atoms. The van der Waals surface area contributed by atoms with Crippen molar-refractivity contribution < 1.29 is 20.1 Å². The molecular formula is C12H14N4O4. The second-order valence-corrected chi connectivity index (χ2v) is 4.66. The average molecular weight is 278 g/mol. The third-order valence-electron chi connectivity index (χ3n) is 3.59. The second-order valence-electron chi connectivity index (χ2n) is 4.66. The van der Waals surface area contributed by atoms with Gasteiger partial charge in [0.2, 0.25) is 5.88 Å². The van der Waals surface area contributed by atoms with Crippen LogP contribution in [0.3, 0.4) is 0 Å². The van der Waals surface area contributed by atoms with E-state index in [2.05, 4.69) is 21.5 Å². The lowest BCUT2D eigenvalue weighted by Crippen LogP contribution is -2.40. The van der Waals surface area contributed by atoms with Crippen LogP contribution in [0.5, 0.6) is 5.88 Å². The summed E-state index contributed by atoms with van der Waals surface area (Å²) in [5.74, 6) is -0.218. The molecule has 3 N–H and O–H groups in total. The Balaban J connectivity index is 2.01. The van der Waals surface area contributed by atoms with Crippen molar-refractivity contribution >= 4 is 11.2 Å². The van der Waals surface area contributed by atoms with Gasteiger partial charge in [0.25, 0.3) is 0 Å². The maximum atomic E-state index is 10.1. The topological polar surface area (TPSA) is 114 Å². The highest BCUT2D eigenvalue weighted by Crippen LogP contribution is 2.38. The maximum Gasteiger partial charge on any atom is 0.242 e. The van der Waals surface area contributed by atoms with Crippen molar-refractivity contribution in [2.75, 3.05) is 6.61 Å². The fourth-order valence-corrected chi connectivity index (χ4v) is 2.38. The van der Waals surface area contributed by atoms with Crippen LogP contribution in [-0.2, 0) is 4.74 Å². The molecule has 3 atom stereocenters. The van der Waals surface area contributed by atoms with Crippen LogP contribution in [0.2, 0.25) is 0 Å². The van der Waals surface area contributed by atoms with Gasteiger partial charge in [0, 0.05) is 6.42 Å². The van der Waals surface area contributed by atoms with Gasteiger partial charge < -0.3 is 20.1 Å². The van der Waals surface area contributed by atoms with Crippen LogP contribution in [0.1, 0.15) is 12.6 Å². The molecule has 106 valence electrons. The molecule has 1 fully saturated rings. The number of aliphatic hydroxyl groups is 2. The number of nitrogens with zero attached hydrogens (tertiary/aromatic N) is 4. The molecule has 2 aromatic rings. The van der Waals surface area contributed by atoms with Gasteiger partial charge in [-0.2, -0.15) is 4.98 Å². The summed E-state index contributed by atoms with van der Waals surface area (Å²) in [5.41, 5.74) is -0.547. The standard InChI is InChI=1S/C12H14N4O4/c1-2-12(4-17)7(18)3-8(20-12)16-6-15-9-10(16)13-5-14-11(9)19/h2,5-8,17-18H,1,3-4H2,(H,13,14,19)/t7-,8+,12+/m0/s1. The van der Waals surface area contributed by atoms with Crippen LogP contribution < -0.4 is 0 Å². The monoisotopic (exact) mass is 278 g/mol. The van der Waals surface area contributed by atoms with Crippen LogP contribution >= 0.6 is 0 Å². The van der Waals surface area contributed by atoms with Gasteiger partial charge in [-0.1, -0.05) is 6.08 Å². The molecule has 3 heterocycles. The van der Waals surface area contributed by atoms with Gasteiger partial charge >= 0.3 is 0 Å². The van der Waals surface area contributed by atoms with E-state index in [9.17, 15) is 15.3 Å². The van der Waals surface area contributed by atoms with Crippen LogP contribution in [-0.4, -0.2) is 53.2 Å². The zero-order chi connectivity index (χ0) is 14.3. The Morgan fingerprint density at radius 1 is 1.50 bits per heavy atom. The molecule has 0 spiro atoms. The highest BCUT2D eigenvalue weighted by atomic mass is 16.6. The molecule has 3 rings (SSSR count). The first-order valence-electron chi connectivity index (χ1n) is 6.08. The molecule has 0 saturated carbocycles. The number of aromatic hydroxyl groups is 1. The number of fused-ring (bicyclic) bond motifs is 1. The average Bonchev–Trinajstić information content (AvgIpc) is 3.01. The SMILES string of the molecule is C=C[C@]1(CO)O[C@@H](n2cnc3c(O)ncnc32)C[C@@H]1O. The highest BCUT2D eigenvalue weighted by Gasteiger charge is 2.46. The lowest BCUT2D eigenvalue weighted by Gasteiger charge is -2.26. The number of imidazole rings is 1. The van der Waals surface area contributed by atoms with E-state index in [1.165, 1.54) is 18.7 Å². The van der Waals surface area contributed by atoms with Crippen molar-refractivity contribution in [3.05, 3.63) is 25.3 Å². The Bertz CT molecular complexity index is 658. The Morgan fingerprint density at radius 2 is 2.30 bits per heavy atom. The van der Waals surface area contributed by atoms with Crippen molar-refractivity contribution in [3.63, 3.8) is 0 Å². The third kappa shape index (κ3) is 1.69. The van der Waals surface area contributed by atoms with Crippen molar-refractivity contribution in [1.29, 1.82) is 0 Å². The molecule has 0 amide bonds. The largest absolute Gasteiger partial charge is 0.492 e. The predicted molar refractivity (Wildman–Crippen MR) is 67.7 cm³/mol. The van der Waals surface area contributed by atoms with Crippen molar-refractivity contribution in [1.82, 2.24) is 19.5 Å². The zero-order valence-corrected chi connectivity index (χ0v) is 10.5. The van der Waals surface area contributed by atoms with Gasteiger partial charge in [0.05, 0.1) is 19.0 Å². The minimum Gasteiger partial charge on any atom is -0.492 e.